The van der Waals surface area contributed by atoms with E-state index in [0.717, 1.165) is 16.9 Å². The molecule has 0 atom stereocenters. The van der Waals surface area contributed by atoms with E-state index in [0.29, 0.717) is 5.69 Å². The number of aromatic nitrogens is 1. The van der Waals surface area contributed by atoms with Crippen molar-refractivity contribution in [3.63, 3.8) is 0 Å². The fourth-order valence-electron chi connectivity index (χ4n) is 1.93. The minimum atomic E-state index is -0.643. The zero-order valence-electron chi connectivity index (χ0n) is 12.0. The SMILES string of the molecule is Cc1ncccc1NC(=O)C(C)(C)c1ccc(N)cc1. The van der Waals surface area contributed by atoms with Crippen LogP contribution in [-0.4, -0.2) is 10.9 Å². The van der Waals surface area contributed by atoms with E-state index in [1.807, 2.05) is 39.0 Å². The Labute approximate surface area is 119 Å². The van der Waals surface area contributed by atoms with Crippen LogP contribution < -0.4 is 11.1 Å². The molecule has 2 rings (SSSR count). The summed E-state index contributed by atoms with van der Waals surface area (Å²) >= 11 is 0. The Morgan fingerprint density at radius 1 is 1.20 bits per heavy atom. The molecule has 1 amide bonds. The molecular formula is C16H19N3O. The molecule has 0 aliphatic rings. The van der Waals surface area contributed by atoms with E-state index in [9.17, 15) is 4.79 Å². The number of hydrogen-bond acceptors (Lipinski definition) is 3. The molecule has 0 bridgehead atoms. The van der Waals surface area contributed by atoms with E-state index in [-0.39, 0.29) is 5.91 Å². The van der Waals surface area contributed by atoms with Crippen LogP contribution in [0.2, 0.25) is 0 Å². The predicted molar refractivity (Wildman–Crippen MR) is 81.5 cm³/mol. The number of rotatable bonds is 3. The number of nitrogen functional groups attached to an aromatic ring is 1. The Balaban J connectivity index is 2.23. The van der Waals surface area contributed by atoms with E-state index in [4.69, 9.17) is 5.73 Å². The molecule has 0 spiro atoms. The van der Waals surface area contributed by atoms with E-state index in [1.165, 1.54) is 0 Å². The summed E-state index contributed by atoms with van der Waals surface area (Å²) in [5, 5.41) is 2.93. The minimum Gasteiger partial charge on any atom is -0.399 e. The molecule has 0 radical (unpaired) electrons. The first-order valence-corrected chi connectivity index (χ1v) is 6.50. The fraction of sp³-hybridized carbons (Fsp3) is 0.250. The molecule has 2 aromatic rings. The molecule has 0 saturated heterocycles. The van der Waals surface area contributed by atoms with E-state index < -0.39 is 5.41 Å². The first-order valence-electron chi connectivity index (χ1n) is 6.50. The number of nitrogens with zero attached hydrogens (tertiary/aromatic N) is 1. The van der Waals surface area contributed by atoms with Crippen molar-refractivity contribution in [2.24, 2.45) is 0 Å². The Kier molecular flexibility index (Phi) is 3.74. The van der Waals surface area contributed by atoms with Gasteiger partial charge in [-0.15, -0.1) is 0 Å². The average Bonchev–Trinajstić information content (AvgIpc) is 2.41. The maximum Gasteiger partial charge on any atom is 0.234 e. The summed E-state index contributed by atoms with van der Waals surface area (Å²) in [5.74, 6) is -0.0710. The van der Waals surface area contributed by atoms with E-state index >= 15 is 0 Å². The van der Waals surface area contributed by atoms with Crippen molar-refractivity contribution in [2.75, 3.05) is 11.1 Å². The van der Waals surface area contributed by atoms with Crippen molar-refractivity contribution in [2.45, 2.75) is 26.2 Å². The summed E-state index contributed by atoms with van der Waals surface area (Å²) < 4.78 is 0. The number of nitrogens with one attached hydrogen (secondary N) is 1. The third-order valence-corrected chi connectivity index (χ3v) is 3.46. The van der Waals surface area contributed by atoms with Gasteiger partial charge in [-0.1, -0.05) is 12.1 Å². The van der Waals surface area contributed by atoms with Crippen molar-refractivity contribution in [3.05, 3.63) is 53.9 Å². The first kappa shape index (κ1) is 14.1. The van der Waals surface area contributed by atoms with Crippen molar-refractivity contribution in [1.82, 2.24) is 4.98 Å². The second-order valence-electron chi connectivity index (χ2n) is 5.34. The summed E-state index contributed by atoms with van der Waals surface area (Å²) in [6.45, 7) is 5.64. The zero-order valence-corrected chi connectivity index (χ0v) is 12.0. The lowest BCUT2D eigenvalue weighted by Crippen LogP contribution is -2.35. The summed E-state index contributed by atoms with van der Waals surface area (Å²) in [7, 11) is 0. The topological polar surface area (TPSA) is 68.0 Å². The second kappa shape index (κ2) is 5.33. The molecular weight excluding hydrogens is 250 g/mol. The first-order chi connectivity index (χ1) is 9.41. The van der Waals surface area contributed by atoms with Crippen LogP contribution in [0.5, 0.6) is 0 Å². The van der Waals surface area contributed by atoms with Crippen LogP contribution in [0.15, 0.2) is 42.6 Å². The zero-order chi connectivity index (χ0) is 14.8. The largest absolute Gasteiger partial charge is 0.399 e. The number of pyridine rings is 1. The quantitative estimate of drug-likeness (QED) is 0.842. The molecule has 0 aliphatic carbocycles. The highest BCUT2D eigenvalue weighted by molar-refractivity contribution is 5.98. The molecule has 0 fully saturated rings. The number of benzene rings is 1. The third-order valence-electron chi connectivity index (χ3n) is 3.46. The molecule has 1 aromatic heterocycles. The summed E-state index contributed by atoms with van der Waals surface area (Å²) in [6.07, 6.45) is 1.70. The number of aryl methyl sites for hydroxylation is 1. The lowest BCUT2D eigenvalue weighted by Gasteiger charge is -2.24. The van der Waals surface area contributed by atoms with Crippen molar-refractivity contribution in [3.8, 4) is 0 Å². The fourth-order valence-corrected chi connectivity index (χ4v) is 1.93. The third kappa shape index (κ3) is 2.79. The van der Waals surface area contributed by atoms with Gasteiger partial charge in [-0.25, -0.2) is 0 Å². The van der Waals surface area contributed by atoms with Gasteiger partial charge in [-0.05, 0) is 50.6 Å². The molecule has 0 unspecified atom stereocenters. The van der Waals surface area contributed by atoms with Gasteiger partial charge in [0.15, 0.2) is 0 Å². The van der Waals surface area contributed by atoms with Crippen LogP contribution in [0.25, 0.3) is 0 Å². The number of nitrogens with two attached hydrogens (primary N) is 1. The number of amides is 1. The van der Waals surface area contributed by atoms with Crippen LogP contribution in [0, 0.1) is 6.92 Å². The standard InChI is InChI=1S/C16H19N3O/c1-11-14(5-4-10-18-11)19-15(20)16(2,3)12-6-8-13(17)9-7-12/h4-10H,17H2,1-3H3,(H,19,20). The number of anilines is 2. The Morgan fingerprint density at radius 2 is 1.85 bits per heavy atom. The highest BCUT2D eigenvalue weighted by atomic mass is 16.2. The minimum absolute atomic E-state index is 0.0710. The van der Waals surface area contributed by atoms with Crippen LogP contribution in [0.3, 0.4) is 0 Å². The summed E-state index contributed by atoms with van der Waals surface area (Å²) in [4.78, 5) is 16.7. The van der Waals surface area contributed by atoms with Gasteiger partial charge in [0.25, 0.3) is 0 Å². The Hall–Kier alpha value is -2.36. The van der Waals surface area contributed by atoms with Crippen LogP contribution in [0.4, 0.5) is 11.4 Å². The van der Waals surface area contributed by atoms with Crippen LogP contribution >= 0.6 is 0 Å². The highest BCUT2D eigenvalue weighted by Gasteiger charge is 2.30. The van der Waals surface area contributed by atoms with Gasteiger partial charge >= 0.3 is 0 Å². The predicted octanol–water partition coefficient (Wildman–Crippen LogP) is 2.89. The van der Waals surface area contributed by atoms with Gasteiger partial charge in [-0.2, -0.15) is 0 Å². The molecule has 1 heterocycles. The summed E-state index contributed by atoms with van der Waals surface area (Å²) in [5.41, 5.74) is 8.18. The van der Waals surface area contributed by atoms with Crippen LogP contribution in [0.1, 0.15) is 25.1 Å². The molecule has 1 aromatic carbocycles. The lowest BCUT2D eigenvalue weighted by atomic mass is 9.83. The van der Waals surface area contributed by atoms with E-state index in [2.05, 4.69) is 10.3 Å². The molecule has 4 nitrogen and oxygen atoms in total. The average molecular weight is 269 g/mol. The Morgan fingerprint density at radius 3 is 2.45 bits per heavy atom. The van der Waals surface area contributed by atoms with Crippen molar-refractivity contribution >= 4 is 17.3 Å². The monoisotopic (exact) mass is 269 g/mol. The molecule has 3 N–H and O–H groups in total. The second-order valence-corrected chi connectivity index (χ2v) is 5.34. The molecule has 0 saturated carbocycles. The number of hydrogen-bond donors (Lipinski definition) is 2. The van der Waals surface area contributed by atoms with E-state index in [1.54, 1.807) is 24.4 Å². The smallest absolute Gasteiger partial charge is 0.234 e. The summed E-state index contributed by atoms with van der Waals surface area (Å²) in [6, 6.07) is 11.0. The lowest BCUT2D eigenvalue weighted by molar-refractivity contribution is -0.120. The maximum absolute atomic E-state index is 12.5. The van der Waals surface area contributed by atoms with Gasteiger partial charge < -0.3 is 11.1 Å². The van der Waals surface area contributed by atoms with Gasteiger partial charge in [0, 0.05) is 11.9 Å². The molecule has 20 heavy (non-hydrogen) atoms. The maximum atomic E-state index is 12.5. The molecule has 0 aliphatic heterocycles. The highest BCUT2D eigenvalue weighted by Crippen LogP contribution is 2.26. The van der Waals surface area contributed by atoms with Gasteiger partial charge in [0.05, 0.1) is 16.8 Å². The normalized spacial score (nSPS) is 11.2. The van der Waals surface area contributed by atoms with Crippen molar-refractivity contribution < 1.29 is 4.79 Å². The van der Waals surface area contributed by atoms with Crippen LogP contribution in [-0.2, 0) is 10.2 Å². The number of carbonyl (C=O) groups excluding carboxylic acids is 1. The van der Waals surface area contributed by atoms with Crippen molar-refractivity contribution in [1.29, 1.82) is 0 Å². The van der Waals surface area contributed by atoms with Gasteiger partial charge in [0.1, 0.15) is 0 Å². The van der Waals surface area contributed by atoms with Gasteiger partial charge in [-0.3, -0.25) is 9.78 Å². The number of carbonyl (C=O) groups is 1. The van der Waals surface area contributed by atoms with Gasteiger partial charge in [0.2, 0.25) is 5.91 Å². The Bertz CT molecular complexity index is 618. The molecule has 104 valence electrons. The molecule has 4 heteroatoms.